The number of methoxy groups -OCH3 is 2. The van der Waals surface area contributed by atoms with E-state index >= 15 is 0 Å². The second-order valence-electron chi connectivity index (χ2n) is 3.61. The van der Waals surface area contributed by atoms with E-state index in [9.17, 15) is 9.18 Å². The van der Waals surface area contributed by atoms with E-state index in [1.54, 1.807) is 7.11 Å². The monoisotopic (exact) mass is 275 g/mol. The van der Waals surface area contributed by atoms with E-state index in [2.05, 4.69) is 10.1 Å². The predicted molar refractivity (Wildman–Crippen MR) is 66.0 cm³/mol. The van der Waals surface area contributed by atoms with Gasteiger partial charge in [-0.2, -0.15) is 0 Å². The Morgan fingerprint density at radius 1 is 1.44 bits per heavy atom. The van der Waals surface area contributed by atoms with Gasteiger partial charge in [0.1, 0.15) is 11.9 Å². The third-order valence-corrected chi connectivity index (χ3v) is 2.53. The highest BCUT2D eigenvalue weighted by Crippen LogP contribution is 2.21. The van der Waals surface area contributed by atoms with Crippen LogP contribution in [0.3, 0.4) is 0 Å². The molecule has 0 amide bonds. The fraction of sp³-hybridized carbons (Fsp3) is 0.417. The zero-order valence-electron chi connectivity index (χ0n) is 10.2. The van der Waals surface area contributed by atoms with Crippen LogP contribution in [0.15, 0.2) is 18.2 Å². The van der Waals surface area contributed by atoms with Crippen molar-refractivity contribution in [3.05, 3.63) is 34.6 Å². The molecule has 0 radical (unpaired) electrons. The molecule has 100 valence electrons. The minimum Gasteiger partial charge on any atom is -0.468 e. The van der Waals surface area contributed by atoms with E-state index in [0.717, 1.165) is 0 Å². The molecular weight excluding hydrogens is 261 g/mol. The number of esters is 1. The van der Waals surface area contributed by atoms with E-state index in [0.29, 0.717) is 18.7 Å². The number of rotatable bonds is 6. The fourth-order valence-corrected chi connectivity index (χ4v) is 1.73. The zero-order chi connectivity index (χ0) is 13.5. The maximum atomic E-state index is 13.3. The Morgan fingerprint density at radius 2 is 2.17 bits per heavy atom. The number of hydrogen-bond donors (Lipinski definition) is 1. The van der Waals surface area contributed by atoms with Crippen LogP contribution < -0.4 is 5.32 Å². The van der Waals surface area contributed by atoms with E-state index in [4.69, 9.17) is 16.3 Å². The number of ether oxygens (including phenoxy) is 2. The quantitative estimate of drug-likeness (QED) is 0.637. The third-order valence-electron chi connectivity index (χ3n) is 2.31. The van der Waals surface area contributed by atoms with E-state index in [1.807, 2.05) is 0 Å². The summed E-state index contributed by atoms with van der Waals surface area (Å²) in [7, 11) is 2.82. The number of carbonyl (C=O) groups excluding carboxylic acids is 1. The van der Waals surface area contributed by atoms with Gasteiger partial charge in [0.25, 0.3) is 0 Å². The largest absolute Gasteiger partial charge is 0.468 e. The molecule has 4 nitrogen and oxygen atoms in total. The molecule has 1 N–H and O–H groups in total. The molecule has 0 aliphatic heterocycles. The van der Waals surface area contributed by atoms with Gasteiger partial charge < -0.3 is 9.47 Å². The molecule has 1 rings (SSSR count). The SMILES string of the molecule is COCCNC(C(=O)OC)c1cc(F)cc(Cl)c1. The smallest absolute Gasteiger partial charge is 0.327 e. The summed E-state index contributed by atoms with van der Waals surface area (Å²) < 4.78 is 22.8. The average molecular weight is 276 g/mol. The molecule has 0 aliphatic carbocycles. The van der Waals surface area contributed by atoms with Gasteiger partial charge in [-0.05, 0) is 23.8 Å². The van der Waals surface area contributed by atoms with Crippen LogP contribution in [0.25, 0.3) is 0 Å². The van der Waals surface area contributed by atoms with Crippen LogP contribution in [0.1, 0.15) is 11.6 Å². The van der Waals surface area contributed by atoms with Gasteiger partial charge in [0, 0.05) is 18.7 Å². The number of hydrogen-bond acceptors (Lipinski definition) is 4. The first-order chi connectivity index (χ1) is 8.58. The molecule has 1 unspecified atom stereocenters. The number of carbonyl (C=O) groups is 1. The van der Waals surface area contributed by atoms with Crippen LogP contribution in [0.4, 0.5) is 4.39 Å². The molecule has 0 saturated carbocycles. The van der Waals surface area contributed by atoms with Crippen molar-refractivity contribution >= 4 is 17.6 Å². The summed E-state index contributed by atoms with van der Waals surface area (Å²) in [6, 6.07) is 3.17. The second kappa shape index (κ2) is 7.31. The first-order valence-corrected chi connectivity index (χ1v) is 5.72. The number of benzene rings is 1. The van der Waals surface area contributed by atoms with Gasteiger partial charge >= 0.3 is 5.97 Å². The van der Waals surface area contributed by atoms with Gasteiger partial charge in [-0.15, -0.1) is 0 Å². The zero-order valence-corrected chi connectivity index (χ0v) is 11.0. The summed E-state index contributed by atoms with van der Waals surface area (Å²) in [6.45, 7) is 0.862. The van der Waals surface area contributed by atoms with Gasteiger partial charge in [-0.25, -0.2) is 9.18 Å². The van der Waals surface area contributed by atoms with E-state index in [-0.39, 0.29) is 5.02 Å². The van der Waals surface area contributed by atoms with Crippen LogP contribution in [0, 0.1) is 5.82 Å². The molecule has 0 aliphatic rings. The lowest BCUT2D eigenvalue weighted by Gasteiger charge is -2.17. The number of nitrogens with one attached hydrogen (secondary N) is 1. The summed E-state index contributed by atoms with van der Waals surface area (Å²) in [4.78, 5) is 11.6. The topological polar surface area (TPSA) is 47.6 Å². The van der Waals surface area contributed by atoms with Gasteiger partial charge in [0.15, 0.2) is 0 Å². The molecule has 1 aromatic carbocycles. The Labute approximate surface area is 110 Å². The van der Waals surface area contributed by atoms with Gasteiger partial charge in [0.05, 0.1) is 13.7 Å². The fourth-order valence-electron chi connectivity index (χ4n) is 1.50. The third kappa shape index (κ3) is 4.25. The second-order valence-corrected chi connectivity index (χ2v) is 4.04. The van der Waals surface area contributed by atoms with Crippen molar-refractivity contribution in [3.63, 3.8) is 0 Å². The van der Waals surface area contributed by atoms with Crippen molar-refractivity contribution in [2.75, 3.05) is 27.4 Å². The van der Waals surface area contributed by atoms with Crippen molar-refractivity contribution in [1.82, 2.24) is 5.32 Å². The standard InChI is InChI=1S/C12H15ClFNO3/c1-17-4-3-15-11(12(16)18-2)8-5-9(13)7-10(14)6-8/h5-7,11,15H,3-4H2,1-2H3. The molecule has 1 aromatic rings. The van der Waals surface area contributed by atoms with Crippen LogP contribution in [0.5, 0.6) is 0 Å². The maximum absolute atomic E-state index is 13.3. The van der Waals surface area contributed by atoms with Crippen molar-refractivity contribution in [2.24, 2.45) is 0 Å². The van der Waals surface area contributed by atoms with Crippen molar-refractivity contribution in [3.8, 4) is 0 Å². The number of halogens is 2. The minimum atomic E-state index is -0.765. The van der Waals surface area contributed by atoms with E-state index in [1.165, 1.54) is 25.3 Å². The Morgan fingerprint density at radius 3 is 2.72 bits per heavy atom. The first kappa shape index (κ1) is 14.9. The summed E-state index contributed by atoms with van der Waals surface area (Å²) in [5.74, 6) is -1.01. The van der Waals surface area contributed by atoms with Crippen LogP contribution in [0.2, 0.25) is 5.02 Å². The van der Waals surface area contributed by atoms with Crippen LogP contribution in [-0.2, 0) is 14.3 Å². The molecule has 0 spiro atoms. The van der Waals surface area contributed by atoms with E-state index < -0.39 is 17.8 Å². The molecule has 18 heavy (non-hydrogen) atoms. The van der Waals surface area contributed by atoms with Gasteiger partial charge in [-0.1, -0.05) is 11.6 Å². The Balaban J connectivity index is 2.90. The molecule has 1 atom stereocenters. The lowest BCUT2D eigenvalue weighted by Crippen LogP contribution is -2.32. The van der Waals surface area contributed by atoms with Crippen molar-refractivity contribution in [2.45, 2.75) is 6.04 Å². The minimum absolute atomic E-state index is 0.229. The Hall–Kier alpha value is -1.17. The molecule has 6 heteroatoms. The van der Waals surface area contributed by atoms with Crippen molar-refractivity contribution < 1.29 is 18.7 Å². The Bertz CT molecular complexity index is 394. The van der Waals surface area contributed by atoms with Crippen molar-refractivity contribution in [1.29, 1.82) is 0 Å². The van der Waals surface area contributed by atoms with Gasteiger partial charge in [-0.3, -0.25) is 5.32 Å². The molecule has 0 heterocycles. The lowest BCUT2D eigenvalue weighted by molar-refractivity contribution is -0.143. The summed E-state index contributed by atoms with van der Waals surface area (Å²) in [5, 5.41) is 3.15. The maximum Gasteiger partial charge on any atom is 0.327 e. The summed E-state index contributed by atoms with van der Waals surface area (Å²) in [6.07, 6.45) is 0. The predicted octanol–water partition coefficient (Wildman–Crippen LogP) is 1.93. The highest BCUT2D eigenvalue weighted by molar-refractivity contribution is 6.30. The molecule has 0 saturated heterocycles. The van der Waals surface area contributed by atoms with Gasteiger partial charge in [0.2, 0.25) is 0 Å². The normalized spacial score (nSPS) is 12.2. The highest BCUT2D eigenvalue weighted by atomic mass is 35.5. The van der Waals surface area contributed by atoms with Crippen LogP contribution >= 0.6 is 11.6 Å². The summed E-state index contributed by atoms with van der Waals surface area (Å²) >= 11 is 5.76. The molecule has 0 fully saturated rings. The first-order valence-electron chi connectivity index (χ1n) is 5.34. The Kier molecular flexibility index (Phi) is 6.04. The molecule has 0 bridgehead atoms. The average Bonchev–Trinajstić information content (AvgIpc) is 2.32. The van der Waals surface area contributed by atoms with Crippen LogP contribution in [-0.4, -0.2) is 33.3 Å². The summed E-state index contributed by atoms with van der Waals surface area (Å²) in [5.41, 5.74) is 0.419. The molecule has 0 aromatic heterocycles. The highest BCUT2D eigenvalue weighted by Gasteiger charge is 2.21. The lowest BCUT2D eigenvalue weighted by atomic mass is 10.1. The molecular formula is C12H15ClFNO3.